The molecule has 5 aromatic carbocycles. The van der Waals surface area contributed by atoms with Crippen molar-refractivity contribution in [3.05, 3.63) is 143 Å². The lowest BCUT2D eigenvalue weighted by Gasteiger charge is -2.19. The van der Waals surface area contributed by atoms with Crippen LogP contribution in [0.2, 0.25) is 0 Å². The number of unbranched alkanes of at least 4 members (excludes halogenated alkanes) is 2. The number of aryl methyl sites for hydroxylation is 1. The first-order valence-electron chi connectivity index (χ1n) is 14.8. The van der Waals surface area contributed by atoms with E-state index in [1.807, 2.05) is 0 Å². The van der Waals surface area contributed by atoms with E-state index in [1.54, 1.807) is 24.3 Å². The van der Waals surface area contributed by atoms with Crippen molar-refractivity contribution in [2.45, 2.75) is 45.3 Å². The molecule has 0 radical (unpaired) electrons. The van der Waals surface area contributed by atoms with Gasteiger partial charge < -0.3 is 9.47 Å². The number of hydrogen-bond donors (Lipinski definition) is 0. The van der Waals surface area contributed by atoms with E-state index >= 15 is 0 Å². The summed E-state index contributed by atoms with van der Waals surface area (Å²) < 4.78 is 125. The first kappa shape index (κ1) is 33.5. The topological polar surface area (TPSA) is 18.5 Å². The van der Waals surface area contributed by atoms with Crippen molar-refractivity contribution >= 4 is 0 Å². The van der Waals surface area contributed by atoms with Crippen molar-refractivity contribution in [2.75, 3.05) is 0 Å². The first-order valence-corrected chi connectivity index (χ1v) is 14.8. The molecule has 0 N–H and O–H groups in total. The highest BCUT2D eigenvalue weighted by Crippen LogP contribution is 2.34. The Morgan fingerprint density at radius 2 is 1.17 bits per heavy atom. The molecule has 0 unspecified atom stereocenters. The van der Waals surface area contributed by atoms with Gasteiger partial charge in [-0.05, 0) is 77.6 Å². The molecule has 0 spiro atoms. The Labute approximate surface area is 266 Å². The molecule has 0 atom stereocenters. The zero-order chi connectivity index (χ0) is 33.7. The summed E-state index contributed by atoms with van der Waals surface area (Å²) in [6.45, 7) is 1.50. The Kier molecular flexibility index (Phi) is 10.2. The first-order chi connectivity index (χ1) is 22.4. The minimum absolute atomic E-state index is 0.137. The molecule has 0 amide bonds. The largest absolute Gasteiger partial charge is 0.489 e. The van der Waals surface area contributed by atoms with Crippen LogP contribution in [0.4, 0.5) is 35.1 Å². The van der Waals surface area contributed by atoms with Gasteiger partial charge in [-0.3, -0.25) is 0 Å². The Balaban J connectivity index is 1.22. The van der Waals surface area contributed by atoms with Crippen molar-refractivity contribution < 1.29 is 44.6 Å². The number of benzene rings is 5. The zero-order valence-corrected chi connectivity index (χ0v) is 25.0. The van der Waals surface area contributed by atoms with E-state index in [0.717, 1.165) is 37.3 Å². The molecule has 0 aromatic heterocycles. The van der Waals surface area contributed by atoms with Crippen molar-refractivity contribution in [1.29, 1.82) is 0 Å². The van der Waals surface area contributed by atoms with Crippen LogP contribution >= 0.6 is 0 Å². The third-order valence-electron chi connectivity index (χ3n) is 7.55. The van der Waals surface area contributed by atoms with Crippen LogP contribution in [0.15, 0.2) is 91.0 Å². The number of halogens is 8. The second-order valence-corrected chi connectivity index (χ2v) is 10.9. The zero-order valence-electron chi connectivity index (χ0n) is 25.0. The van der Waals surface area contributed by atoms with E-state index < -0.39 is 64.5 Å². The van der Waals surface area contributed by atoms with Gasteiger partial charge in [0.15, 0.2) is 17.5 Å². The molecule has 0 saturated carbocycles. The normalized spacial score (nSPS) is 11.5. The SMILES string of the molecule is CCCCCc1ccc(C(F)(F)Oc2cc(F)c(COc3ccc(-c4ccc(-c5cc(F)c(F)c(F)c5)c(F)c4)cc3)c(F)c2)cc1. The molecule has 0 aliphatic rings. The lowest BCUT2D eigenvalue weighted by Crippen LogP contribution is -2.22. The fraction of sp³-hybridized carbons (Fsp3) is 0.189. The van der Waals surface area contributed by atoms with E-state index in [-0.39, 0.29) is 16.9 Å². The van der Waals surface area contributed by atoms with Crippen LogP contribution in [0.1, 0.15) is 42.9 Å². The second-order valence-electron chi connectivity index (χ2n) is 10.9. The van der Waals surface area contributed by atoms with Gasteiger partial charge in [-0.2, -0.15) is 8.78 Å². The van der Waals surface area contributed by atoms with Gasteiger partial charge in [0, 0.05) is 17.7 Å². The standard InChI is InChI=1S/C37H28F8O2/c1-2-3-4-5-22-6-11-26(12-7-22)37(44,45)47-28-19-32(39)30(33(40)20-28)21-46-27-13-8-23(9-14-27)24-10-15-29(31(38)16-24)25-17-34(41)36(43)35(42)18-25/h6-20H,2-5,21H2,1H3. The van der Waals surface area contributed by atoms with E-state index in [2.05, 4.69) is 11.7 Å². The highest BCUT2D eigenvalue weighted by Gasteiger charge is 2.35. The summed E-state index contributed by atoms with van der Waals surface area (Å²) in [4.78, 5) is 0. The highest BCUT2D eigenvalue weighted by atomic mass is 19.3. The molecule has 5 rings (SSSR count). The van der Waals surface area contributed by atoms with Crippen LogP contribution in [-0.4, -0.2) is 0 Å². The number of alkyl halides is 2. The summed E-state index contributed by atoms with van der Waals surface area (Å²) in [7, 11) is 0. The minimum atomic E-state index is -3.83. The second kappa shape index (κ2) is 14.3. The Morgan fingerprint density at radius 3 is 1.77 bits per heavy atom. The van der Waals surface area contributed by atoms with Gasteiger partial charge in [0.05, 0.1) is 11.1 Å². The molecule has 5 aromatic rings. The predicted octanol–water partition coefficient (Wildman–Crippen LogP) is 11.3. The van der Waals surface area contributed by atoms with E-state index in [1.165, 1.54) is 36.4 Å². The molecule has 0 saturated heterocycles. The summed E-state index contributed by atoms with van der Waals surface area (Å²) in [5.74, 6) is -8.13. The summed E-state index contributed by atoms with van der Waals surface area (Å²) in [6.07, 6.45) is -0.0706. The fourth-order valence-corrected chi connectivity index (χ4v) is 4.97. The van der Waals surface area contributed by atoms with E-state index in [4.69, 9.17) is 4.74 Å². The molecule has 244 valence electrons. The van der Waals surface area contributed by atoms with Crippen molar-refractivity contribution in [3.8, 4) is 33.8 Å². The lowest BCUT2D eigenvalue weighted by molar-refractivity contribution is -0.185. The van der Waals surface area contributed by atoms with Gasteiger partial charge in [-0.25, -0.2) is 26.3 Å². The smallest absolute Gasteiger partial charge is 0.426 e. The van der Waals surface area contributed by atoms with Gasteiger partial charge >= 0.3 is 6.11 Å². The summed E-state index contributed by atoms with van der Waals surface area (Å²) in [5.41, 5.74) is 0.543. The van der Waals surface area contributed by atoms with Crippen molar-refractivity contribution in [1.82, 2.24) is 0 Å². The maximum atomic E-state index is 14.8. The maximum absolute atomic E-state index is 14.8. The molecule has 0 heterocycles. The third kappa shape index (κ3) is 7.93. The van der Waals surface area contributed by atoms with Crippen LogP contribution in [0, 0.1) is 34.9 Å². The summed E-state index contributed by atoms with van der Waals surface area (Å²) in [6, 6.07) is 18.3. The Bertz CT molecular complexity index is 1810. The van der Waals surface area contributed by atoms with Crippen LogP contribution < -0.4 is 9.47 Å². The molecular weight excluding hydrogens is 628 g/mol. The van der Waals surface area contributed by atoms with Gasteiger partial charge in [-0.15, -0.1) is 0 Å². The van der Waals surface area contributed by atoms with Gasteiger partial charge in [0.1, 0.15) is 35.6 Å². The molecule has 0 bridgehead atoms. The predicted molar refractivity (Wildman–Crippen MR) is 162 cm³/mol. The van der Waals surface area contributed by atoms with Gasteiger partial charge in [-0.1, -0.05) is 56.2 Å². The number of hydrogen-bond acceptors (Lipinski definition) is 2. The van der Waals surface area contributed by atoms with Crippen molar-refractivity contribution in [2.24, 2.45) is 0 Å². The molecule has 2 nitrogen and oxygen atoms in total. The average Bonchev–Trinajstić information content (AvgIpc) is 3.03. The summed E-state index contributed by atoms with van der Waals surface area (Å²) >= 11 is 0. The van der Waals surface area contributed by atoms with Gasteiger partial charge in [0.2, 0.25) is 0 Å². The third-order valence-corrected chi connectivity index (χ3v) is 7.55. The van der Waals surface area contributed by atoms with Crippen LogP contribution in [0.3, 0.4) is 0 Å². The molecule has 10 heteroatoms. The molecule has 0 fully saturated rings. The summed E-state index contributed by atoms with van der Waals surface area (Å²) in [5, 5.41) is 0. The van der Waals surface area contributed by atoms with Crippen LogP contribution in [-0.2, 0) is 19.1 Å². The molecule has 0 aliphatic carbocycles. The Hall–Kier alpha value is -4.86. The van der Waals surface area contributed by atoms with Crippen LogP contribution in [0.5, 0.6) is 11.5 Å². The minimum Gasteiger partial charge on any atom is -0.489 e. The average molecular weight is 657 g/mol. The quantitative estimate of drug-likeness (QED) is 0.0756. The molecular formula is C37H28F8O2. The fourth-order valence-electron chi connectivity index (χ4n) is 4.97. The van der Waals surface area contributed by atoms with E-state index in [0.29, 0.717) is 35.4 Å². The van der Waals surface area contributed by atoms with Crippen LogP contribution in [0.25, 0.3) is 22.3 Å². The lowest BCUT2D eigenvalue weighted by atomic mass is 9.99. The maximum Gasteiger partial charge on any atom is 0.426 e. The molecule has 47 heavy (non-hydrogen) atoms. The van der Waals surface area contributed by atoms with Crippen molar-refractivity contribution in [3.63, 3.8) is 0 Å². The number of rotatable bonds is 12. The van der Waals surface area contributed by atoms with E-state index in [9.17, 15) is 35.1 Å². The molecule has 0 aliphatic heterocycles. The van der Waals surface area contributed by atoms with Gasteiger partial charge in [0.25, 0.3) is 0 Å². The highest BCUT2D eigenvalue weighted by molar-refractivity contribution is 5.71. The monoisotopic (exact) mass is 656 g/mol. The number of ether oxygens (including phenoxy) is 2. The Morgan fingerprint density at radius 1 is 0.574 bits per heavy atom.